The van der Waals surface area contributed by atoms with E-state index in [0.29, 0.717) is 26.8 Å². The van der Waals surface area contributed by atoms with Crippen LogP contribution in [0, 0.1) is 18.7 Å². The molecule has 0 radical (unpaired) electrons. The SMILES string of the molecule is COc1cc([C@@H]2c3sc(=O)n(CC(=O)Nc4ccc(F)cc4)c3S[C@@H]3C(=O)N(c4ccc(C)cc4)C(=O)[C@H]23)ccc1O. The fraction of sp³-hybridized carbons (Fsp3) is 0.200. The van der Waals surface area contributed by atoms with Crippen LogP contribution >= 0.6 is 23.1 Å². The molecule has 0 unspecified atom stereocenters. The summed E-state index contributed by atoms with van der Waals surface area (Å²) < 4.78 is 19.9. The monoisotopic (exact) mass is 605 g/mol. The fourth-order valence-electron chi connectivity index (χ4n) is 5.33. The highest BCUT2D eigenvalue weighted by Gasteiger charge is 2.57. The zero-order valence-corrected chi connectivity index (χ0v) is 24.0. The van der Waals surface area contributed by atoms with Crippen molar-refractivity contribution in [1.82, 2.24) is 4.57 Å². The van der Waals surface area contributed by atoms with Crippen LogP contribution in [-0.4, -0.2) is 39.8 Å². The van der Waals surface area contributed by atoms with Crippen LogP contribution in [-0.2, 0) is 20.9 Å². The number of phenols is 1. The minimum Gasteiger partial charge on any atom is -0.504 e. The van der Waals surface area contributed by atoms with Crippen molar-refractivity contribution < 1.29 is 28.6 Å². The van der Waals surface area contributed by atoms with Gasteiger partial charge in [0, 0.05) is 16.5 Å². The molecule has 1 saturated heterocycles. The van der Waals surface area contributed by atoms with E-state index in [4.69, 9.17) is 4.74 Å². The number of thiazole rings is 1. The molecule has 3 amide bonds. The number of hydrogen-bond donors (Lipinski definition) is 2. The van der Waals surface area contributed by atoms with Gasteiger partial charge in [0.05, 0.1) is 23.7 Å². The molecule has 0 bridgehead atoms. The van der Waals surface area contributed by atoms with Gasteiger partial charge in [-0.1, -0.05) is 46.9 Å². The van der Waals surface area contributed by atoms with E-state index in [-0.39, 0.29) is 18.0 Å². The number of anilines is 2. The zero-order valence-electron chi connectivity index (χ0n) is 22.4. The van der Waals surface area contributed by atoms with Crippen LogP contribution in [0.3, 0.4) is 0 Å². The summed E-state index contributed by atoms with van der Waals surface area (Å²) in [6.07, 6.45) is 0. The van der Waals surface area contributed by atoms with Gasteiger partial charge in [0.25, 0.3) is 0 Å². The zero-order chi connectivity index (χ0) is 29.7. The molecule has 0 spiro atoms. The largest absolute Gasteiger partial charge is 0.504 e. The van der Waals surface area contributed by atoms with Gasteiger partial charge in [0.15, 0.2) is 11.5 Å². The quantitative estimate of drug-likeness (QED) is 0.311. The number of nitrogens with one attached hydrogen (secondary N) is 1. The molecule has 6 rings (SSSR count). The standard InChI is InChI=1S/C30H24FN3O6S2/c1-15-3-10-19(11-4-15)34-27(37)24-23(16-5-12-20(35)21(13-16)40-2)26-29(41-25(24)28(34)38)33(30(39)42-26)14-22(36)32-18-8-6-17(31)7-9-18/h3-13,23-25,35H,14H2,1-2H3,(H,32,36)/t23-,24+,25-/m0/s1. The van der Waals surface area contributed by atoms with Gasteiger partial charge in [-0.25, -0.2) is 9.29 Å². The smallest absolute Gasteiger partial charge is 0.308 e. The second-order valence-corrected chi connectivity index (χ2v) is 12.1. The minimum absolute atomic E-state index is 0.0958. The molecule has 3 heterocycles. The number of aromatic nitrogens is 1. The Labute approximate surface area is 247 Å². The van der Waals surface area contributed by atoms with Crippen molar-refractivity contribution in [2.24, 2.45) is 5.92 Å². The second-order valence-electron chi connectivity index (χ2n) is 10.00. The Balaban J connectivity index is 1.43. The van der Waals surface area contributed by atoms with Crippen molar-refractivity contribution >= 4 is 52.2 Å². The molecule has 0 saturated carbocycles. The van der Waals surface area contributed by atoms with Gasteiger partial charge in [-0.05, 0) is 61.0 Å². The maximum absolute atomic E-state index is 14.0. The molecule has 42 heavy (non-hydrogen) atoms. The lowest BCUT2D eigenvalue weighted by molar-refractivity contribution is -0.122. The number of imide groups is 1. The van der Waals surface area contributed by atoms with Crippen molar-refractivity contribution in [2.75, 3.05) is 17.3 Å². The Kier molecular flexibility index (Phi) is 7.11. The molecule has 12 heteroatoms. The van der Waals surface area contributed by atoms with E-state index >= 15 is 0 Å². The highest BCUT2D eigenvalue weighted by Crippen LogP contribution is 2.54. The lowest BCUT2D eigenvalue weighted by atomic mass is 9.83. The number of aromatic hydroxyl groups is 1. The Hall–Kier alpha value is -4.42. The van der Waals surface area contributed by atoms with Gasteiger partial charge in [-0.15, -0.1) is 0 Å². The van der Waals surface area contributed by atoms with Gasteiger partial charge in [0.1, 0.15) is 17.6 Å². The number of amides is 3. The number of aryl methyl sites for hydroxylation is 1. The molecular weight excluding hydrogens is 581 g/mol. The summed E-state index contributed by atoms with van der Waals surface area (Å²) in [5.41, 5.74) is 2.37. The van der Waals surface area contributed by atoms with Crippen LogP contribution in [0.4, 0.5) is 15.8 Å². The van der Waals surface area contributed by atoms with E-state index in [1.807, 2.05) is 19.1 Å². The van der Waals surface area contributed by atoms with Crippen molar-refractivity contribution in [2.45, 2.75) is 29.7 Å². The third-order valence-electron chi connectivity index (χ3n) is 7.33. The van der Waals surface area contributed by atoms with Crippen molar-refractivity contribution in [3.63, 3.8) is 0 Å². The fourth-order valence-corrected chi connectivity index (χ4v) is 8.10. The molecule has 214 valence electrons. The number of carbonyl (C=O) groups is 3. The Morgan fingerprint density at radius 1 is 1.02 bits per heavy atom. The maximum atomic E-state index is 14.0. The Morgan fingerprint density at radius 3 is 2.43 bits per heavy atom. The number of rotatable bonds is 6. The lowest BCUT2D eigenvalue weighted by Crippen LogP contribution is -2.33. The second kappa shape index (κ2) is 10.8. The molecule has 1 aromatic heterocycles. The lowest BCUT2D eigenvalue weighted by Gasteiger charge is -2.31. The first-order valence-corrected chi connectivity index (χ1v) is 14.6. The van der Waals surface area contributed by atoms with E-state index in [1.54, 1.807) is 24.3 Å². The van der Waals surface area contributed by atoms with Crippen LogP contribution in [0.25, 0.3) is 0 Å². The van der Waals surface area contributed by atoms with E-state index in [9.17, 15) is 28.7 Å². The molecule has 4 aromatic rings. The first kappa shape index (κ1) is 27.7. The first-order chi connectivity index (χ1) is 20.2. The minimum atomic E-state index is -0.864. The number of carbonyl (C=O) groups excluding carboxylic acids is 3. The summed E-state index contributed by atoms with van der Waals surface area (Å²) in [6.45, 7) is 1.56. The molecule has 3 aromatic carbocycles. The third-order valence-corrected chi connectivity index (χ3v) is 9.94. The maximum Gasteiger partial charge on any atom is 0.308 e. The van der Waals surface area contributed by atoms with Crippen LogP contribution in [0.15, 0.2) is 76.6 Å². The van der Waals surface area contributed by atoms with Gasteiger partial charge < -0.3 is 15.2 Å². The van der Waals surface area contributed by atoms with Crippen LogP contribution < -0.4 is 19.8 Å². The number of phenolic OH excluding ortho intramolecular Hbond substituents is 1. The topological polar surface area (TPSA) is 118 Å². The third kappa shape index (κ3) is 4.76. The molecule has 2 N–H and O–H groups in total. The number of ether oxygens (including phenoxy) is 1. The average molecular weight is 606 g/mol. The number of benzene rings is 3. The highest BCUT2D eigenvalue weighted by atomic mass is 32.2. The van der Waals surface area contributed by atoms with E-state index < -0.39 is 45.5 Å². The predicted molar refractivity (Wildman–Crippen MR) is 157 cm³/mol. The normalized spacial score (nSPS) is 19.4. The van der Waals surface area contributed by atoms with Gasteiger partial charge in [0.2, 0.25) is 17.7 Å². The summed E-state index contributed by atoms with van der Waals surface area (Å²) >= 11 is 2.01. The summed E-state index contributed by atoms with van der Waals surface area (Å²) in [7, 11) is 1.40. The van der Waals surface area contributed by atoms with Crippen LogP contribution in [0.5, 0.6) is 11.5 Å². The Morgan fingerprint density at radius 2 is 1.74 bits per heavy atom. The highest BCUT2D eigenvalue weighted by molar-refractivity contribution is 8.00. The number of halogens is 1. The molecule has 2 aliphatic rings. The molecule has 2 aliphatic heterocycles. The molecular formula is C30H24FN3O6S2. The summed E-state index contributed by atoms with van der Waals surface area (Å²) in [5, 5.41) is 12.4. The van der Waals surface area contributed by atoms with Crippen LogP contribution in [0.1, 0.15) is 21.9 Å². The van der Waals surface area contributed by atoms with Crippen molar-refractivity contribution in [1.29, 1.82) is 0 Å². The van der Waals surface area contributed by atoms with E-state index in [1.165, 1.54) is 46.9 Å². The number of nitrogens with zero attached hydrogens (tertiary/aromatic N) is 2. The predicted octanol–water partition coefficient (Wildman–Crippen LogP) is 4.51. The average Bonchev–Trinajstić information content (AvgIpc) is 3.41. The van der Waals surface area contributed by atoms with Crippen molar-refractivity contribution in [3.8, 4) is 11.5 Å². The van der Waals surface area contributed by atoms with Crippen molar-refractivity contribution in [3.05, 3.63) is 98.2 Å². The molecule has 0 aliphatic carbocycles. The molecule has 3 atom stereocenters. The number of fused-ring (bicyclic) bond motifs is 2. The van der Waals surface area contributed by atoms with E-state index in [0.717, 1.165) is 28.7 Å². The molecule has 9 nitrogen and oxygen atoms in total. The van der Waals surface area contributed by atoms with E-state index in [2.05, 4.69) is 5.32 Å². The van der Waals surface area contributed by atoms with Crippen LogP contribution in [0.2, 0.25) is 0 Å². The van der Waals surface area contributed by atoms with Gasteiger partial charge in [-0.2, -0.15) is 0 Å². The van der Waals surface area contributed by atoms with Gasteiger partial charge in [-0.3, -0.25) is 23.7 Å². The number of hydrogen-bond acceptors (Lipinski definition) is 8. The number of methoxy groups -OCH3 is 1. The van der Waals surface area contributed by atoms with Gasteiger partial charge >= 0.3 is 4.87 Å². The Bertz CT molecular complexity index is 1780. The first-order valence-electron chi connectivity index (χ1n) is 12.9. The summed E-state index contributed by atoms with van der Waals surface area (Å²) in [6, 6.07) is 17.0. The summed E-state index contributed by atoms with van der Waals surface area (Å²) in [5.74, 6) is -3.24. The molecule has 1 fully saturated rings. The number of thioether (sulfide) groups is 1. The summed E-state index contributed by atoms with van der Waals surface area (Å²) in [4.78, 5) is 55.4.